The molecule has 3 aliphatic rings. The second kappa shape index (κ2) is 9.90. The molecule has 196 valence electrons. The van der Waals surface area contributed by atoms with Crippen molar-refractivity contribution < 1.29 is 22.7 Å². The molecule has 2 aliphatic heterocycles. The predicted molar refractivity (Wildman–Crippen MR) is 138 cm³/mol. The summed E-state index contributed by atoms with van der Waals surface area (Å²) in [6.45, 7) is 2.37. The van der Waals surface area contributed by atoms with Crippen molar-refractivity contribution in [3.8, 4) is 24.2 Å². The van der Waals surface area contributed by atoms with Crippen molar-refractivity contribution in [2.45, 2.75) is 49.9 Å². The lowest BCUT2D eigenvalue weighted by molar-refractivity contribution is -0.138. The maximum Gasteiger partial charge on any atom is 0.419 e. The van der Waals surface area contributed by atoms with E-state index in [4.69, 9.17) is 28.6 Å². The summed E-state index contributed by atoms with van der Waals surface area (Å²) in [7, 11) is 0. The number of hydrogen-bond acceptors (Lipinski definition) is 6. The van der Waals surface area contributed by atoms with Gasteiger partial charge in [-0.3, -0.25) is 14.6 Å². The van der Waals surface area contributed by atoms with Crippen molar-refractivity contribution >= 4 is 34.6 Å². The summed E-state index contributed by atoms with van der Waals surface area (Å²) >= 11 is 5.65. The van der Waals surface area contributed by atoms with Gasteiger partial charge in [0.15, 0.2) is 10.8 Å². The Morgan fingerprint density at radius 1 is 1.18 bits per heavy atom. The Morgan fingerprint density at radius 3 is 2.42 bits per heavy atom. The number of rotatable bonds is 5. The second-order valence-electron chi connectivity index (χ2n) is 9.63. The van der Waals surface area contributed by atoms with Gasteiger partial charge >= 0.3 is 6.18 Å². The Hall–Kier alpha value is -3.67. The summed E-state index contributed by atoms with van der Waals surface area (Å²) in [5.41, 5.74) is -2.39. The number of thiocarbonyl (C=S) groups is 1. The normalized spacial score (nSPS) is 19.8. The number of nitrogens with zero attached hydrogens (tertiary/aromatic N) is 5. The standard InChI is InChI=1S/C27H24F3N5O2S/c1-2-12-33-13-8-21(9-14-33)37-20-6-4-18(5-7-20)35-25(38)34(24(36)26(35)10-3-11-26)19-15-22(27(28,29)30)23(16-31)32-17-19/h1,4-7,15,17,21H,3,8-14H2. The van der Waals surface area contributed by atoms with Crippen molar-refractivity contribution in [3.63, 3.8) is 0 Å². The number of carbonyl (C=O) groups excluding carboxylic acids is 1. The van der Waals surface area contributed by atoms with Gasteiger partial charge in [-0.05, 0) is 74.7 Å². The molecule has 5 rings (SSSR count). The number of amides is 1. The third kappa shape index (κ3) is 4.46. The zero-order valence-corrected chi connectivity index (χ0v) is 21.2. The molecule has 2 aromatic rings. The zero-order chi connectivity index (χ0) is 27.1. The molecule has 11 heteroatoms. The average Bonchev–Trinajstić information content (AvgIpc) is 3.11. The first-order valence-corrected chi connectivity index (χ1v) is 12.7. The van der Waals surface area contributed by atoms with Crippen LogP contribution in [0, 0.1) is 23.7 Å². The number of benzene rings is 1. The minimum Gasteiger partial charge on any atom is -0.490 e. The molecule has 1 spiro atoms. The summed E-state index contributed by atoms with van der Waals surface area (Å²) in [6, 6.07) is 9.47. The van der Waals surface area contributed by atoms with Crippen LogP contribution in [0.1, 0.15) is 43.4 Å². The molecule has 1 aromatic heterocycles. The lowest BCUT2D eigenvalue weighted by atomic mass is 9.75. The largest absolute Gasteiger partial charge is 0.490 e. The van der Waals surface area contributed by atoms with E-state index in [2.05, 4.69) is 15.8 Å². The van der Waals surface area contributed by atoms with Crippen molar-refractivity contribution in [3.05, 3.63) is 47.8 Å². The Kier molecular flexibility index (Phi) is 6.76. The fourth-order valence-electron chi connectivity index (χ4n) is 5.27. The van der Waals surface area contributed by atoms with E-state index >= 15 is 0 Å². The quantitative estimate of drug-likeness (QED) is 0.409. The number of pyridine rings is 1. The summed E-state index contributed by atoms with van der Waals surface area (Å²) in [5.74, 6) is 2.95. The summed E-state index contributed by atoms with van der Waals surface area (Å²) in [5, 5.41) is 9.15. The summed E-state index contributed by atoms with van der Waals surface area (Å²) in [4.78, 5) is 22.3. The van der Waals surface area contributed by atoms with E-state index in [1.165, 1.54) is 6.07 Å². The van der Waals surface area contributed by atoms with Gasteiger partial charge in [0.2, 0.25) is 0 Å². The maximum atomic E-state index is 13.6. The van der Waals surface area contributed by atoms with Crippen LogP contribution in [0.3, 0.4) is 0 Å². The maximum absolute atomic E-state index is 13.6. The highest BCUT2D eigenvalue weighted by Gasteiger charge is 2.59. The molecule has 0 atom stereocenters. The number of aromatic nitrogens is 1. The van der Waals surface area contributed by atoms with Crippen LogP contribution in [0.5, 0.6) is 5.75 Å². The zero-order valence-electron chi connectivity index (χ0n) is 20.4. The minimum absolute atomic E-state index is 0.0730. The van der Waals surface area contributed by atoms with E-state index in [-0.39, 0.29) is 16.9 Å². The van der Waals surface area contributed by atoms with E-state index < -0.39 is 28.9 Å². The third-order valence-electron chi connectivity index (χ3n) is 7.38. The number of nitriles is 1. The van der Waals surface area contributed by atoms with Crippen LogP contribution in [-0.4, -0.2) is 52.2 Å². The van der Waals surface area contributed by atoms with Crippen molar-refractivity contribution in [2.24, 2.45) is 0 Å². The lowest BCUT2D eigenvalue weighted by Crippen LogP contribution is -2.55. The molecule has 0 bridgehead atoms. The predicted octanol–water partition coefficient (Wildman–Crippen LogP) is 4.51. The molecule has 0 unspecified atom stereocenters. The summed E-state index contributed by atoms with van der Waals surface area (Å²) < 4.78 is 46.9. The smallest absolute Gasteiger partial charge is 0.419 e. The molecule has 2 saturated heterocycles. The van der Waals surface area contributed by atoms with Gasteiger partial charge in [-0.2, -0.15) is 18.4 Å². The molecule has 7 nitrogen and oxygen atoms in total. The van der Waals surface area contributed by atoms with Gasteiger partial charge in [0, 0.05) is 18.8 Å². The van der Waals surface area contributed by atoms with Gasteiger partial charge in [-0.1, -0.05) is 5.92 Å². The number of likely N-dealkylation sites (tertiary alicyclic amines) is 1. The van der Waals surface area contributed by atoms with Crippen LogP contribution in [0.25, 0.3) is 0 Å². The second-order valence-corrected chi connectivity index (χ2v) is 10.00. The molecule has 1 amide bonds. The third-order valence-corrected chi connectivity index (χ3v) is 7.75. The van der Waals surface area contributed by atoms with Crippen molar-refractivity contribution in [1.29, 1.82) is 5.26 Å². The van der Waals surface area contributed by atoms with Gasteiger partial charge in [0.25, 0.3) is 5.91 Å². The fraction of sp³-hybridized carbons (Fsp3) is 0.407. The number of ether oxygens (including phenoxy) is 1. The molecule has 1 aliphatic carbocycles. The Balaban J connectivity index is 1.38. The molecule has 1 saturated carbocycles. The molecular formula is C27H24F3N5O2S. The van der Waals surface area contributed by atoms with Crippen LogP contribution in [0.15, 0.2) is 36.5 Å². The molecular weight excluding hydrogens is 515 g/mol. The van der Waals surface area contributed by atoms with E-state index in [1.807, 2.05) is 24.3 Å². The average molecular weight is 540 g/mol. The van der Waals surface area contributed by atoms with Crippen LogP contribution in [-0.2, 0) is 11.0 Å². The first-order valence-electron chi connectivity index (χ1n) is 12.3. The van der Waals surface area contributed by atoms with Crippen molar-refractivity contribution in [2.75, 3.05) is 29.4 Å². The van der Waals surface area contributed by atoms with E-state index in [9.17, 15) is 18.0 Å². The van der Waals surface area contributed by atoms with E-state index in [0.717, 1.165) is 49.5 Å². The fourth-order valence-corrected chi connectivity index (χ4v) is 5.74. The highest BCUT2D eigenvalue weighted by Crippen LogP contribution is 2.48. The highest BCUT2D eigenvalue weighted by molar-refractivity contribution is 7.81. The highest BCUT2D eigenvalue weighted by atomic mass is 32.1. The van der Waals surface area contributed by atoms with E-state index in [0.29, 0.717) is 30.8 Å². The molecule has 3 fully saturated rings. The molecule has 1 aromatic carbocycles. The van der Waals surface area contributed by atoms with Crippen molar-refractivity contribution in [1.82, 2.24) is 9.88 Å². The van der Waals surface area contributed by atoms with Crippen LogP contribution >= 0.6 is 12.2 Å². The Labute approximate surface area is 223 Å². The van der Waals surface area contributed by atoms with E-state index in [1.54, 1.807) is 4.90 Å². The monoisotopic (exact) mass is 539 g/mol. The first-order chi connectivity index (χ1) is 18.2. The van der Waals surface area contributed by atoms with Crippen LogP contribution < -0.4 is 14.5 Å². The SMILES string of the molecule is C#CCN1CCC(Oc2ccc(N3C(=S)N(c4cnc(C#N)c(C(F)(F)F)c4)C(=O)C34CCC4)cc2)CC1. The molecule has 38 heavy (non-hydrogen) atoms. The van der Waals surface area contributed by atoms with Gasteiger partial charge in [-0.25, -0.2) is 4.98 Å². The van der Waals surface area contributed by atoms with Crippen LogP contribution in [0.4, 0.5) is 24.5 Å². The summed E-state index contributed by atoms with van der Waals surface area (Å²) in [6.07, 6.45) is 5.31. The Bertz CT molecular complexity index is 1340. The Morgan fingerprint density at radius 2 is 1.87 bits per heavy atom. The number of carbonyl (C=O) groups is 1. The number of alkyl halides is 3. The van der Waals surface area contributed by atoms with Crippen LogP contribution in [0.2, 0.25) is 0 Å². The molecule has 3 heterocycles. The topological polar surface area (TPSA) is 72.7 Å². The molecule has 0 N–H and O–H groups in total. The number of halogens is 3. The van der Waals surface area contributed by atoms with Gasteiger partial charge in [0.05, 0.1) is 24.0 Å². The number of terminal acetylenes is 1. The lowest BCUT2D eigenvalue weighted by Gasteiger charge is -2.43. The van der Waals surface area contributed by atoms with Gasteiger partial charge in [-0.15, -0.1) is 6.42 Å². The number of anilines is 2. The minimum atomic E-state index is -4.81. The van der Waals surface area contributed by atoms with Gasteiger partial charge < -0.3 is 9.64 Å². The first kappa shape index (κ1) is 26.0. The number of hydrogen-bond donors (Lipinski definition) is 0. The number of piperidine rings is 1. The molecule has 0 radical (unpaired) electrons. The van der Waals surface area contributed by atoms with Gasteiger partial charge in [0.1, 0.15) is 23.5 Å².